The number of halogens is 1. The van der Waals surface area contributed by atoms with E-state index in [1.165, 1.54) is 12.3 Å². The van der Waals surface area contributed by atoms with Gasteiger partial charge >= 0.3 is 5.97 Å². The lowest BCUT2D eigenvalue weighted by Gasteiger charge is -2.20. The van der Waals surface area contributed by atoms with Crippen molar-refractivity contribution in [1.29, 1.82) is 0 Å². The second-order valence-electron chi connectivity index (χ2n) is 4.42. The number of pyridine rings is 1. The molecule has 1 saturated heterocycles. The average Bonchev–Trinajstić information content (AvgIpc) is 2.85. The number of carboxylic acids is 1. The molecule has 0 saturated carbocycles. The van der Waals surface area contributed by atoms with Gasteiger partial charge in [-0.3, -0.25) is 0 Å². The van der Waals surface area contributed by atoms with Crippen molar-refractivity contribution in [2.45, 2.75) is 19.4 Å². The first kappa shape index (κ1) is 13.1. The van der Waals surface area contributed by atoms with E-state index in [0.717, 1.165) is 19.6 Å². The molecule has 1 aliphatic heterocycles. The number of nitrogens with one attached hydrogen (secondary N) is 1. The summed E-state index contributed by atoms with van der Waals surface area (Å²) in [5, 5.41) is 12.3. The van der Waals surface area contributed by atoms with Gasteiger partial charge in [0, 0.05) is 24.8 Å². The number of nitrogens with zero attached hydrogens (tertiary/aromatic N) is 1. The van der Waals surface area contributed by atoms with Gasteiger partial charge in [0.1, 0.15) is 5.82 Å². The van der Waals surface area contributed by atoms with Gasteiger partial charge in [-0.05, 0) is 19.4 Å². The summed E-state index contributed by atoms with van der Waals surface area (Å²) >= 11 is 6.00. The number of ether oxygens (including phenoxy) is 1. The summed E-state index contributed by atoms with van der Waals surface area (Å²) in [6.45, 7) is 3.57. The summed E-state index contributed by atoms with van der Waals surface area (Å²) in [6, 6.07) is 1.59. The Balaban J connectivity index is 2.06. The normalized spacial score (nSPS) is 20.7. The van der Waals surface area contributed by atoms with Gasteiger partial charge < -0.3 is 15.2 Å². The van der Waals surface area contributed by atoms with Crippen LogP contribution in [0.4, 0.5) is 5.82 Å². The van der Waals surface area contributed by atoms with E-state index in [1.807, 2.05) is 6.92 Å². The van der Waals surface area contributed by atoms with Gasteiger partial charge in [0.2, 0.25) is 0 Å². The lowest BCUT2D eigenvalue weighted by Crippen LogP contribution is -2.26. The second kappa shape index (κ2) is 5.54. The zero-order valence-corrected chi connectivity index (χ0v) is 10.8. The Kier molecular flexibility index (Phi) is 4.04. The van der Waals surface area contributed by atoms with Gasteiger partial charge in [-0.1, -0.05) is 11.6 Å². The first-order chi connectivity index (χ1) is 8.58. The summed E-state index contributed by atoms with van der Waals surface area (Å²) < 4.78 is 5.33. The Morgan fingerprint density at radius 2 is 2.50 bits per heavy atom. The molecule has 2 heterocycles. The van der Waals surface area contributed by atoms with Crippen molar-refractivity contribution >= 4 is 23.4 Å². The van der Waals surface area contributed by atoms with Gasteiger partial charge in [-0.15, -0.1) is 0 Å². The van der Waals surface area contributed by atoms with Gasteiger partial charge in [0.15, 0.2) is 0 Å². The van der Waals surface area contributed by atoms with Crippen LogP contribution in [0.15, 0.2) is 12.3 Å². The lowest BCUT2D eigenvalue weighted by molar-refractivity contribution is 0.0696. The van der Waals surface area contributed by atoms with Gasteiger partial charge in [-0.2, -0.15) is 0 Å². The van der Waals surface area contributed by atoms with E-state index in [4.69, 9.17) is 21.4 Å². The highest BCUT2D eigenvalue weighted by molar-refractivity contribution is 6.33. The third kappa shape index (κ3) is 2.91. The molecule has 6 heteroatoms. The molecule has 0 aliphatic carbocycles. The van der Waals surface area contributed by atoms with Crippen LogP contribution in [-0.2, 0) is 4.74 Å². The van der Waals surface area contributed by atoms with E-state index in [-0.39, 0.29) is 11.6 Å². The number of anilines is 1. The fraction of sp³-hybridized carbons (Fsp3) is 0.500. The zero-order chi connectivity index (χ0) is 13.1. The van der Waals surface area contributed by atoms with Crippen molar-refractivity contribution in [3.05, 3.63) is 22.8 Å². The SMILES string of the molecule is CC(Nc1ncc(C(=O)O)cc1Cl)C1CCOC1. The van der Waals surface area contributed by atoms with E-state index < -0.39 is 5.97 Å². The highest BCUT2D eigenvalue weighted by Crippen LogP contribution is 2.24. The van der Waals surface area contributed by atoms with E-state index in [9.17, 15) is 4.79 Å². The molecule has 0 aromatic carbocycles. The molecule has 0 amide bonds. The summed E-state index contributed by atoms with van der Waals surface area (Å²) in [4.78, 5) is 14.8. The number of aromatic nitrogens is 1. The van der Waals surface area contributed by atoms with E-state index >= 15 is 0 Å². The standard InChI is InChI=1S/C12H15ClN2O3/c1-7(8-2-3-18-6-8)15-11-10(13)4-9(5-14-11)12(16)17/h4-5,7-8H,2-3,6H2,1H3,(H,14,15)(H,16,17). The van der Waals surface area contributed by atoms with Crippen LogP contribution in [0, 0.1) is 5.92 Å². The summed E-state index contributed by atoms with van der Waals surface area (Å²) in [5.41, 5.74) is 0.0856. The minimum absolute atomic E-state index is 0.0856. The summed E-state index contributed by atoms with van der Waals surface area (Å²) in [5.74, 6) is -0.0868. The van der Waals surface area contributed by atoms with Gasteiger partial charge in [0.05, 0.1) is 17.2 Å². The Morgan fingerprint density at radius 1 is 1.72 bits per heavy atom. The molecule has 2 rings (SSSR count). The molecule has 0 spiro atoms. The minimum atomic E-state index is -1.03. The Hall–Kier alpha value is -1.33. The first-order valence-corrected chi connectivity index (χ1v) is 6.19. The molecule has 5 nitrogen and oxygen atoms in total. The number of carbonyl (C=O) groups is 1. The van der Waals surface area contributed by atoms with Crippen molar-refractivity contribution in [2.75, 3.05) is 18.5 Å². The van der Waals surface area contributed by atoms with Crippen molar-refractivity contribution in [1.82, 2.24) is 4.98 Å². The van der Waals surface area contributed by atoms with Crippen LogP contribution < -0.4 is 5.32 Å². The van der Waals surface area contributed by atoms with Crippen molar-refractivity contribution in [3.8, 4) is 0 Å². The third-order valence-electron chi connectivity index (χ3n) is 3.12. The van der Waals surface area contributed by atoms with Crippen molar-refractivity contribution in [2.24, 2.45) is 5.92 Å². The number of hydrogen-bond donors (Lipinski definition) is 2. The first-order valence-electron chi connectivity index (χ1n) is 5.81. The molecule has 1 fully saturated rings. The maximum absolute atomic E-state index is 10.8. The molecule has 98 valence electrons. The van der Waals surface area contributed by atoms with Crippen LogP contribution in [-0.4, -0.2) is 35.3 Å². The maximum atomic E-state index is 10.8. The Morgan fingerprint density at radius 3 is 3.06 bits per heavy atom. The van der Waals surface area contributed by atoms with E-state index in [0.29, 0.717) is 16.8 Å². The van der Waals surface area contributed by atoms with Crippen LogP contribution in [0.2, 0.25) is 5.02 Å². The van der Waals surface area contributed by atoms with Crippen molar-refractivity contribution in [3.63, 3.8) is 0 Å². The molecule has 18 heavy (non-hydrogen) atoms. The molecule has 2 atom stereocenters. The molecule has 2 N–H and O–H groups in total. The fourth-order valence-corrected chi connectivity index (χ4v) is 2.16. The second-order valence-corrected chi connectivity index (χ2v) is 4.82. The Bertz CT molecular complexity index is 447. The molecule has 0 radical (unpaired) electrons. The van der Waals surface area contributed by atoms with E-state index in [2.05, 4.69) is 10.3 Å². The Labute approximate surface area is 110 Å². The topological polar surface area (TPSA) is 71.5 Å². The van der Waals surface area contributed by atoms with Gasteiger partial charge in [0.25, 0.3) is 0 Å². The molecule has 1 aromatic rings. The average molecular weight is 271 g/mol. The van der Waals surface area contributed by atoms with Crippen LogP contribution in [0.5, 0.6) is 0 Å². The quantitative estimate of drug-likeness (QED) is 0.878. The predicted molar refractivity (Wildman–Crippen MR) is 68.2 cm³/mol. The smallest absolute Gasteiger partial charge is 0.337 e. The fourth-order valence-electron chi connectivity index (χ4n) is 1.94. The largest absolute Gasteiger partial charge is 0.478 e. The number of carboxylic acid groups (broad SMARTS) is 1. The van der Waals surface area contributed by atoms with Crippen LogP contribution in [0.25, 0.3) is 0 Å². The van der Waals surface area contributed by atoms with Crippen LogP contribution in [0.1, 0.15) is 23.7 Å². The molecule has 1 aromatic heterocycles. The highest BCUT2D eigenvalue weighted by atomic mass is 35.5. The molecular formula is C12H15ClN2O3. The zero-order valence-electron chi connectivity index (χ0n) is 10.0. The van der Waals surface area contributed by atoms with Crippen LogP contribution in [0.3, 0.4) is 0 Å². The monoisotopic (exact) mass is 270 g/mol. The van der Waals surface area contributed by atoms with Crippen molar-refractivity contribution < 1.29 is 14.6 Å². The van der Waals surface area contributed by atoms with E-state index in [1.54, 1.807) is 0 Å². The number of hydrogen-bond acceptors (Lipinski definition) is 4. The molecule has 1 aliphatic rings. The molecule has 2 unspecified atom stereocenters. The maximum Gasteiger partial charge on any atom is 0.337 e. The number of rotatable bonds is 4. The number of aromatic carboxylic acids is 1. The highest BCUT2D eigenvalue weighted by Gasteiger charge is 2.23. The molecule has 0 bridgehead atoms. The lowest BCUT2D eigenvalue weighted by atomic mass is 10.0. The van der Waals surface area contributed by atoms with Gasteiger partial charge in [-0.25, -0.2) is 9.78 Å². The summed E-state index contributed by atoms with van der Waals surface area (Å²) in [7, 11) is 0. The third-order valence-corrected chi connectivity index (χ3v) is 3.41. The van der Waals surface area contributed by atoms with Crippen LogP contribution >= 0.6 is 11.6 Å². The minimum Gasteiger partial charge on any atom is -0.478 e. The summed E-state index contributed by atoms with van der Waals surface area (Å²) in [6.07, 6.45) is 2.31. The molecular weight excluding hydrogens is 256 g/mol. The predicted octanol–water partition coefficient (Wildman–Crippen LogP) is 2.27.